The Morgan fingerprint density at radius 3 is 2.55 bits per heavy atom. The topological polar surface area (TPSA) is 218 Å². The van der Waals surface area contributed by atoms with Gasteiger partial charge in [-0.3, -0.25) is 9.13 Å². The number of aromatic hydroxyl groups is 1. The van der Waals surface area contributed by atoms with E-state index in [-0.39, 0.29) is 30.7 Å². The molecule has 8 N–H and O–H groups in total. The van der Waals surface area contributed by atoms with Crippen LogP contribution in [0.15, 0.2) is 60.2 Å². The number of benzene rings is 1. The van der Waals surface area contributed by atoms with Crippen molar-refractivity contribution in [3.8, 4) is 11.8 Å². The molecule has 6 rings (SSSR count). The predicted molar refractivity (Wildman–Crippen MR) is 143 cm³/mol. The lowest BCUT2D eigenvalue weighted by molar-refractivity contribution is 0.00763. The van der Waals surface area contributed by atoms with Crippen molar-refractivity contribution >= 4 is 22.8 Å². The van der Waals surface area contributed by atoms with Crippen LogP contribution in [0.5, 0.6) is 5.88 Å². The summed E-state index contributed by atoms with van der Waals surface area (Å²) >= 11 is 0. The number of aliphatic hydroxyl groups is 3. The maximum absolute atomic E-state index is 12.3. The molecule has 208 valence electrons. The first-order chi connectivity index (χ1) is 19.3. The number of nitrogens with two attached hydrogens (primary N) is 1. The van der Waals surface area contributed by atoms with E-state index in [1.807, 2.05) is 30.3 Å². The first-order valence-electron chi connectivity index (χ1n) is 12.6. The number of nitrogens with one attached hydrogen (secondary N) is 2. The zero-order valence-electron chi connectivity index (χ0n) is 21.1. The minimum absolute atomic E-state index is 0.104. The van der Waals surface area contributed by atoms with Gasteiger partial charge in [0.1, 0.15) is 24.4 Å². The molecule has 0 aliphatic heterocycles. The van der Waals surface area contributed by atoms with Gasteiger partial charge in [-0.1, -0.05) is 30.3 Å². The van der Waals surface area contributed by atoms with Gasteiger partial charge in [0.15, 0.2) is 17.0 Å². The second-order valence-electron chi connectivity index (χ2n) is 9.79. The second-order valence-corrected chi connectivity index (χ2v) is 9.79. The van der Waals surface area contributed by atoms with Crippen LogP contribution >= 0.6 is 0 Å². The van der Waals surface area contributed by atoms with Crippen LogP contribution in [0.4, 0.5) is 11.6 Å². The van der Waals surface area contributed by atoms with Crippen LogP contribution in [-0.4, -0.2) is 83.9 Å². The zero-order chi connectivity index (χ0) is 28.0. The third-order valence-electron chi connectivity index (χ3n) is 7.23. The lowest BCUT2D eigenvalue weighted by atomic mass is 10.1. The van der Waals surface area contributed by atoms with Gasteiger partial charge >= 0.3 is 5.69 Å². The minimum atomic E-state index is -1.35. The van der Waals surface area contributed by atoms with Crippen LogP contribution in [0.1, 0.15) is 24.1 Å². The Hall–Kier alpha value is -4.73. The van der Waals surface area contributed by atoms with Gasteiger partial charge in [0.2, 0.25) is 11.8 Å². The van der Waals surface area contributed by atoms with E-state index in [0.29, 0.717) is 23.4 Å². The standard InChI is InChI=1S/C25H28N10O5/c26-17-9-33(11-28-17)24-31-22(30-14(10-36)6-13-4-2-1-3-5-13)19-23(32-24)34(12-29-19)15-7-16(21(39)20(15)38)35-18(37)8-27-25(35)40/h1-5,8-9,11-12,14-16,20-21,36-39H,6-7,10,26H2,(H,27,40)(H,30,31,32)/t14-,15+,16-,20-,21+/m0/s1. The fourth-order valence-corrected chi connectivity index (χ4v) is 5.27. The Morgan fingerprint density at radius 2 is 1.88 bits per heavy atom. The van der Waals surface area contributed by atoms with E-state index in [1.54, 1.807) is 10.8 Å². The summed E-state index contributed by atoms with van der Waals surface area (Å²) in [7, 11) is 0. The van der Waals surface area contributed by atoms with Crippen molar-refractivity contribution in [1.82, 2.24) is 38.6 Å². The first-order valence-corrected chi connectivity index (χ1v) is 12.6. The Balaban J connectivity index is 1.41. The average molecular weight is 549 g/mol. The van der Waals surface area contributed by atoms with E-state index in [4.69, 9.17) is 5.73 Å². The van der Waals surface area contributed by atoms with Crippen LogP contribution in [0, 0.1) is 0 Å². The van der Waals surface area contributed by atoms with E-state index in [0.717, 1.165) is 16.3 Å². The van der Waals surface area contributed by atoms with Gasteiger partial charge in [0.05, 0.1) is 43.5 Å². The zero-order valence-corrected chi connectivity index (χ0v) is 21.1. The summed E-state index contributed by atoms with van der Waals surface area (Å²) in [5.74, 6) is 0.462. The van der Waals surface area contributed by atoms with Gasteiger partial charge in [-0.05, 0) is 18.4 Å². The number of rotatable bonds is 8. The number of nitrogens with zero attached hydrogens (tertiary/aromatic N) is 7. The second kappa shape index (κ2) is 10.1. The van der Waals surface area contributed by atoms with Gasteiger partial charge in [-0.15, -0.1) is 0 Å². The molecule has 5 aromatic rings. The van der Waals surface area contributed by atoms with Crippen molar-refractivity contribution in [3.63, 3.8) is 0 Å². The summed E-state index contributed by atoms with van der Waals surface area (Å²) < 4.78 is 4.16. The van der Waals surface area contributed by atoms with Gasteiger partial charge in [-0.25, -0.2) is 14.8 Å². The molecule has 1 aromatic carbocycles. The lowest BCUT2D eigenvalue weighted by Gasteiger charge is -2.20. The molecule has 4 heterocycles. The summed E-state index contributed by atoms with van der Waals surface area (Å²) in [4.78, 5) is 32.5. The Labute approximate surface area is 226 Å². The molecule has 5 atom stereocenters. The third kappa shape index (κ3) is 4.45. The van der Waals surface area contributed by atoms with Gasteiger partial charge in [-0.2, -0.15) is 9.97 Å². The van der Waals surface area contributed by atoms with Crippen molar-refractivity contribution in [2.75, 3.05) is 17.7 Å². The number of aromatic nitrogens is 8. The first kappa shape index (κ1) is 25.5. The highest BCUT2D eigenvalue weighted by Gasteiger charge is 2.45. The average Bonchev–Trinajstić information content (AvgIpc) is 3.72. The summed E-state index contributed by atoms with van der Waals surface area (Å²) in [6, 6.07) is 7.65. The van der Waals surface area contributed by atoms with Crippen LogP contribution in [-0.2, 0) is 6.42 Å². The van der Waals surface area contributed by atoms with Crippen molar-refractivity contribution in [2.45, 2.75) is 43.2 Å². The highest BCUT2D eigenvalue weighted by atomic mass is 16.3. The van der Waals surface area contributed by atoms with E-state index in [2.05, 4.69) is 30.2 Å². The maximum Gasteiger partial charge on any atom is 0.328 e. The largest absolute Gasteiger partial charge is 0.493 e. The van der Waals surface area contributed by atoms with E-state index < -0.39 is 36.0 Å². The molecule has 0 radical (unpaired) electrons. The molecular formula is C25H28N10O5. The molecule has 0 unspecified atom stereocenters. The van der Waals surface area contributed by atoms with Crippen molar-refractivity contribution < 1.29 is 20.4 Å². The normalized spacial score (nSPS) is 21.7. The number of hydrogen-bond acceptors (Lipinski definition) is 11. The molecule has 0 saturated heterocycles. The summed E-state index contributed by atoms with van der Waals surface area (Å²) in [6.45, 7) is -0.182. The number of nitrogen functional groups attached to an aromatic ring is 1. The Kier molecular flexibility index (Phi) is 6.45. The van der Waals surface area contributed by atoms with Gasteiger partial charge < -0.3 is 41.0 Å². The maximum atomic E-state index is 12.3. The molecular weight excluding hydrogens is 520 g/mol. The SMILES string of the molecule is Nc1cn(-c2nc(N[C@H](CO)Cc3ccccc3)c3ncn([C@@H]4C[C@H](n5c(O)c[nH]c5=O)[C@@H](O)[C@H]4O)c3n2)cn1. The van der Waals surface area contributed by atoms with Crippen molar-refractivity contribution in [3.05, 3.63) is 71.4 Å². The van der Waals surface area contributed by atoms with Crippen LogP contribution in [0.2, 0.25) is 0 Å². The van der Waals surface area contributed by atoms with E-state index in [9.17, 15) is 25.2 Å². The smallest absolute Gasteiger partial charge is 0.328 e. The summed E-state index contributed by atoms with van der Waals surface area (Å²) in [5, 5.41) is 45.4. The molecule has 1 fully saturated rings. The molecule has 1 aliphatic rings. The molecule has 0 spiro atoms. The van der Waals surface area contributed by atoms with E-state index in [1.165, 1.54) is 17.2 Å². The molecule has 1 aliphatic carbocycles. The van der Waals surface area contributed by atoms with Crippen LogP contribution < -0.4 is 16.7 Å². The Morgan fingerprint density at radius 1 is 1.10 bits per heavy atom. The van der Waals surface area contributed by atoms with Gasteiger partial charge in [0.25, 0.3) is 0 Å². The molecule has 40 heavy (non-hydrogen) atoms. The number of aromatic amines is 1. The Bertz CT molecular complexity index is 1690. The summed E-state index contributed by atoms with van der Waals surface area (Å²) in [6.07, 6.45) is 3.58. The van der Waals surface area contributed by atoms with Crippen molar-refractivity contribution in [1.29, 1.82) is 0 Å². The fraction of sp³-hybridized carbons (Fsp3) is 0.320. The molecule has 15 nitrogen and oxygen atoms in total. The minimum Gasteiger partial charge on any atom is -0.493 e. The molecule has 4 aromatic heterocycles. The van der Waals surface area contributed by atoms with E-state index >= 15 is 0 Å². The number of fused-ring (bicyclic) bond motifs is 1. The quantitative estimate of drug-likeness (QED) is 0.134. The fourth-order valence-electron chi connectivity index (χ4n) is 5.27. The number of H-pyrrole nitrogens is 1. The highest BCUT2D eigenvalue weighted by molar-refractivity contribution is 5.84. The monoisotopic (exact) mass is 548 g/mol. The summed E-state index contributed by atoms with van der Waals surface area (Å²) in [5.41, 5.74) is 6.93. The van der Waals surface area contributed by atoms with Crippen LogP contribution in [0.25, 0.3) is 17.1 Å². The molecule has 0 amide bonds. The third-order valence-corrected chi connectivity index (χ3v) is 7.23. The lowest BCUT2D eigenvalue weighted by Crippen LogP contribution is -2.33. The number of hydrogen-bond donors (Lipinski definition) is 7. The molecule has 0 bridgehead atoms. The predicted octanol–water partition coefficient (Wildman–Crippen LogP) is -0.287. The van der Waals surface area contributed by atoms with Crippen molar-refractivity contribution in [2.24, 2.45) is 0 Å². The molecule has 15 heteroatoms. The number of anilines is 2. The highest BCUT2D eigenvalue weighted by Crippen LogP contribution is 2.40. The number of aliphatic hydroxyl groups excluding tert-OH is 3. The van der Waals surface area contributed by atoms with Crippen LogP contribution in [0.3, 0.4) is 0 Å². The number of imidazole rings is 3. The van der Waals surface area contributed by atoms with Gasteiger partial charge in [0, 0.05) is 0 Å². The molecule has 1 saturated carbocycles.